The lowest BCUT2D eigenvalue weighted by molar-refractivity contribution is -0.121. The van der Waals surface area contributed by atoms with E-state index in [0.717, 1.165) is 5.56 Å². The van der Waals surface area contributed by atoms with E-state index >= 15 is 0 Å². The Hall–Kier alpha value is -2.74. The van der Waals surface area contributed by atoms with Crippen LogP contribution < -0.4 is 10.0 Å². The molecule has 1 amide bonds. The first kappa shape index (κ1) is 18.1. The SMILES string of the molecule is C[C@H](NC(=O)CCN=C1NS(=O)(=O)c2ccccc21)c1ccc(F)cc1. The van der Waals surface area contributed by atoms with Crippen molar-refractivity contribution >= 4 is 21.8 Å². The van der Waals surface area contributed by atoms with Crippen molar-refractivity contribution in [2.45, 2.75) is 24.3 Å². The summed E-state index contributed by atoms with van der Waals surface area (Å²) < 4.78 is 39.3. The molecule has 0 saturated carbocycles. The minimum atomic E-state index is -3.58. The number of amidine groups is 1. The summed E-state index contributed by atoms with van der Waals surface area (Å²) >= 11 is 0. The predicted octanol–water partition coefficient (Wildman–Crippen LogP) is 2.13. The van der Waals surface area contributed by atoms with Crippen molar-refractivity contribution < 1.29 is 17.6 Å². The van der Waals surface area contributed by atoms with E-state index in [1.165, 1.54) is 18.2 Å². The van der Waals surface area contributed by atoms with Gasteiger partial charge in [-0.15, -0.1) is 0 Å². The molecule has 8 heteroatoms. The number of nitrogens with zero attached hydrogens (tertiary/aromatic N) is 1. The first-order valence-electron chi connectivity index (χ1n) is 8.08. The van der Waals surface area contributed by atoms with Gasteiger partial charge in [-0.3, -0.25) is 14.5 Å². The summed E-state index contributed by atoms with van der Waals surface area (Å²) in [6.07, 6.45) is 0.110. The number of hydrogen-bond acceptors (Lipinski definition) is 4. The highest BCUT2D eigenvalue weighted by atomic mass is 32.2. The third-order valence-electron chi connectivity index (χ3n) is 4.02. The number of hydrogen-bond donors (Lipinski definition) is 2. The Balaban J connectivity index is 1.59. The number of halogens is 1. The summed E-state index contributed by atoms with van der Waals surface area (Å²) in [6, 6.07) is 12.2. The van der Waals surface area contributed by atoms with Gasteiger partial charge in [0.2, 0.25) is 5.91 Å². The Bertz CT molecular complexity index is 956. The molecule has 6 nitrogen and oxygen atoms in total. The predicted molar refractivity (Wildman–Crippen MR) is 95.7 cm³/mol. The second-order valence-electron chi connectivity index (χ2n) is 5.92. The quantitative estimate of drug-likeness (QED) is 0.839. The standard InChI is InChI=1S/C18H18FN3O3S/c1-12(13-6-8-14(19)9-7-13)21-17(23)10-11-20-18-15-4-2-3-5-16(15)26(24,25)22-18/h2-9,12H,10-11H2,1H3,(H,20,22)(H,21,23)/t12-/m0/s1. The van der Waals surface area contributed by atoms with E-state index in [0.29, 0.717) is 5.56 Å². The normalized spacial score (nSPS) is 17.4. The van der Waals surface area contributed by atoms with Crippen molar-refractivity contribution in [1.82, 2.24) is 10.0 Å². The highest BCUT2D eigenvalue weighted by Crippen LogP contribution is 2.22. The number of fused-ring (bicyclic) bond motifs is 1. The second kappa shape index (κ2) is 7.25. The van der Waals surface area contributed by atoms with Crippen LogP contribution in [0.1, 0.15) is 30.5 Å². The smallest absolute Gasteiger partial charge is 0.263 e. The van der Waals surface area contributed by atoms with Crippen LogP contribution in [0.2, 0.25) is 0 Å². The van der Waals surface area contributed by atoms with Crippen molar-refractivity contribution in [1.29, 1.82) is 0 Å². The van der Waals surface area contributed by atoms with Gasteiger partial charge in [0.25, 0.3) is 10.0 Å². The molecule has 1 heterocycles. The van der Waals surface area contributed by atoms with Crippen LogP contribution in [0, 0.1) is 5.82 Å². The summed E-state index contributed by atoms with van der Waals surface area (Å²) in [7, 11) is -3.58. The minimum Gasteiger partial charge on any atom is -0.350 e. The fourth-order valence-electron chi connectivity index (χ4n) is 2.67. The van der Waals surface area contributed by atoms with Crippen LogP contribution in [0.5, 0.6) is 0 Å². The first-order chi connectivity index (χ1) is 12.4. The Morgan fingerprint density at radius 2 is 1.88 bits per heavy atom. The van der Waals surface area contributed by atoms with E-state index in [1.807, 2.05) is 0 Å². The van der Waals surface area contributed by atoms with Crippen molar-refractivity contribution in [3.63, 3.8) is 0 Å². The average molecular weight is 375 g/mol. The molecule has 2 N–H and O–H groups in total. The zero-order valence-electron chi connectivity index (χ0n) is 14.1. The molecule has 0 saturated heterocycles. The molecule has 0 bridgehead atoms. The van der Waals surface area contributed by atoms with E-state index in [9.17, 15) is 17.6 Å². The highest BCUT2D eigenvalue weighted by molar-refractivity contribution is 7.90. The Morgan fingerprint density at radius 3 is 2.62 bits per heavy atom. The lowest BCUT2D eigenvalue weighted by Gasteiger charge is -2.14. The van der Waals surface area contributed by atoms with Gasteiger partial charge in [-0.2, -0.15) is 0 Å². The maximum atomic E-state index is 12.9. The van der Waals surface area contributed by atoms with Gasteiger partial charge in [-0.1, -0.05) is 24.3 Å². The number of nitrogens with one attached hydrogen (secondary N) is 2. The molecule has 1 aliphatic rings. The lowest BCUT2D eigenvalue weighted by atomic mass is 10.1. The van der Waals surface area contributed by atoms with Crippen molar-refractivity contribution in [2.24, 2.45) is 4.99 Å². The van der Waals surface area contributed by atoms with Crippen molar-refractivity contribution in [3.05, 3.63) is 65.5 Å². The van der Waals surface area contributed by atoms with Crippen LogP contribution in [0.3, 0.4) is 0 Å². The number of carbonyl (C=O) groups excluding carboxylic acids is 1. The summed E-state index contributed by atoms with van der Waals surface area (Å²) in [4.78, 5) is 16.4. The zero-order valence-corrected chi connectivity index (χ0v) is 14.9. The van der Waals surface area contributed by atoms with Gasteiger partial charge >= 0.3 is 0 Å². The number of aliphatic imine (C=N–C) groups is 1. The Labute approximate surface area is 151 Å². The van der Waals surface area contributed by atoms with Crippen LogP contribution in [0.25, 0.3) is 0 Å². The molecule has 26 heavy (non-hydrogen) atoms. The summed E-state index contributed by atoms with van der Waals surface area (Å²) in [5.41, 5.74) is 1.30. The number of sulfonamides is 1. The first-order valence-corrected chi connectivity index (χ1v) is 9.56. The Morgan fingerprint density at radius 1 is 1.19 bits per heavy atom. The highest BCUT2D eigenvalue weighted by Gasteiger charge is 2.29. The van der Waals surface area contributed by atoms with E-state index in [2.05, 4.69) is 15.0 Å². The number of amides is 1. The van der Waals surface area contributed by atoms with Gasteiger partial charge in [0.15, 0.2) is 0 Å². The van der Waals surface area contributed by atoms with Gasteiger partial charge in [0, 0.05) is 12.0 Å². The molecular formula is C18H18FN3O3S. The summed E-state index contributed by atoms with van der Waals surface area (Å²) in [5.74, 6) is -0.303. The van der Waals surface area contributed by atoms with Gasteiger partial charge in [-0.05, 0) is 36.8 Å². The van der Waals surface area contributed by atoms with Gasteiger partial charge < -0.3 is 5.32 Å². The largest absolute Gasteiger partial charge is 0.350 e. The third-order valence-corrected chi connectivity index (χ3v) is 5.42. The second-order valence-corrected chi connectivity index (χ2v) is 7.57. The van der Waals surface area contributed by atoms with E-state index in [-0.39, 0.29) is 41.5 Å². The van der Waals surface area contributed by atoms with Crippen molar-refractivity contribution in [3.8, 4) is 0 Å². The summed E-state index contributed by atoms with van der Waals surface area (Å²) in [6.45, 7) is 1.95. The van der Waals surface area contributed by atoms with E-state index in [1.54, 1.807) is 37.3 Å². The zero-order chi connectivity index (χ0) is 18.7. The lowest BCUT2D eigenvalue weighted by Crippen LogP contribution is -2.27. The van der Waals surface area contributed by atoms with Gasteiger partial charge in [0.1, 0.15) is 11.7 Å². The third kappa shape index (κ3) is 3.91. The van der Waals surface area contributed by atoms with E-state index < -0.39 is 10.0 Å². The molecule has 0 spiro atoms. The molecule has 0 unspecified atom stereocenters. The molecule has 1 atom stereocenters. The molecule has 136 valence electrons. The molecule has 0 aromatic heterocycles. The van der Waals surface area contributed by atoms with E-state index in [4.69, 9.17) is 0 Å². The van der Waals surface area contributed by atoms with Crippen LogP contribution in [-0.4, -0.2) is 26.7 Å². The van der Waals surface area contributed by atoms with Crippen LogP contribution in [0.4, 0.5) is 4.39 Å². The molecule has 2 aromatic carbocycles. The molecule has 3 rings (SSSR count). The maximum Gasteiger partial charge on any atom is 0.263 e. The molecule has 0 fully saturated rings. The molecule has 2 aromatic rings. The van der Waals surface area contributed by atoms with Crippen LogP contribution in [-0.2, 0) is 14.8 Å². The summed E-state index contributed by atoms with van der Waals surface area (Å²) in [5, 5.41) is 2.81. The molecule has 1 aliphatic heterocycles. The van der Waals surface area contributed by atoms with Crippen LogP contribution in [0.15, 0.2) is 58.4 Å². The monoisotopic (exact) mass is 375 g/mol. The van der Waals surface area contributed by atoms with Gasteiger partial charge in [-0.25, -0.2) is 12.8 Å². The number of rotatable bonds is 5. The minimum absolute atomic E-state index is 0.110. The average Bonchev–Trinajstić information content (AvgIpc) is 2.86. The van der Waals surface area contributed by atoms with Gasteiger partial charge in [0.05, 0.1) is 17.5 Å². The fourth-order valence-corrected chi connectivity index (χ4v) is 3.92. The number of benzene rings is 2. The fraction of sp³-hybridized carbons (Fsp3) is 0.222. The number of carbonyl (C=O) groups is 1. The molecule has 0 aliphatic carbocycles. The Kier molecular flexibility index (Phi) is 5.03. The topological polar surface area (TPSA) is 87.6 Å². The maximum absolute atomic E-state index is 12.9. The molecular weight excluding hydrogens is 357 g/mol. The van der Waals surface area contributed by atoms with Crippen molar-refractivity contribution in [2.75, 3.05) is 6.54 Å². The molecule has 0 radical (unpaired) electrons. The van der Waals surface area contributed by atoms with Crippen LogP contribution >= 0.6 is 0 Å².